The Labute approximate surface area is 130 Å². The van der Waals surface area contributed by atoms with Crippen molar-refractivity contribution in [2.75, 3.05) is 6.54 Å². The van der Waals surface area contributed by atoms with E-state index in [9.17, 15) is 0 Å². The van der Waals surface area contributed by atoms with Gasteiger partial charge in [0.1, 0.15) is 0 Å². The maximum absolute atomic E-state index is 6.04. The minimum Gasteiger partial charge on any atom is -0.310 e. The van der Waals surface area contributed by atoms with Crippen molar-refractivity contribution in [2.45, 2.75) is 26.3 Å². The number of halogens is 2. The topological polar surface area (TPSA) is 12.0 Å². The third kappa shape index (κ3) is 3.99. The van der Waals surface area contributed by atoms with Crippen LogP contribution in [-0.2, 0) is 6.42 Å². The van der Waals surface area contributed by atoms with Crippen LogP contribution in [0, 0.1) is 6.92 Å². The molecule has 3 heteroatoms. The first kappa shape index (κ1) is 15.4. The molecule has 0 aromatic heterocycles. The Morgan fingerprint density at radius 2 is 1.65 bits per heavy atom. The number of benzene rings is 2. The highest BCUT2D eigenvalue weighted by Crippen LogP contribution is 2.25. The lowest BCUT2D eigenvalue weighted by molar-refractivity contribution is 0.547. The van der Waals surface area contributed by atoms with Gasteiger partial charge in [-0.2, -0.15) is 0 Å². The summed E-state index contributed by atoms with van der Waals surface area (Å²) in [5.74, 6) is 0. The standard InChI is InChI=1S/C17H19Cl2N/c1-3-20-17(11-13-4-6-14(18)7-5-13)16-9-8-15(19)10-12(16)2/h4-10,17,20H,3,11H2,1-2H3. The third-order valence-corrected chi connectivity index (χ3v) is 3.90. The van der Waals surface area contributed by atoms with Gasteiger partial charge in [0.2, 0.25) is 0 Å². The van der Waals surface area contributed by atoms with Crippen LogP contribution in [0.25, 0.3) is 0 Å². The maximum Gasteiger partial charge on any atom is 0.0408 e. The van der Waals surface area contributed by atoms with Gasteiger partial charge in [-0.25, -0.2) is 0 Å². The lowest BCUT2D eigenvalue weighted by atomic mass is 9.95. The summed E-state index contributed by atoms with van der Waals surface area (Å²) in [4.78, 5) is 0. The first-order chi connectivity index (χ1) is 9.60. The van der Waals surface area contributed by atoms with Crippen LogP contribution in [-0.4, -0.2) is 6.54 Å². The number of aryl methyl sites for hydroxylation is 1. The van der Waals surface area contributed by atoms with Crippen molar-refractivity contribution in [3.8, 4) is 0 Å². The summed E-state index contributed by atoms with van der Waals surface area (Å²) in [6.45, 7) is 5.16. The fourth-order valence-corrected chi connectivity index (χ4v) is 2.78. The van der Waals surface area contributed by atoms with E-state index in [1.165, 1.54) is 16.7 Å². The summed E-state index contributed by atoms with van der Waals surface area (Å²) >= 11 is 12.0. The van der Waals surface area contributed by atoms with E-state index in [-0.39, 0.29) is 0 Å². The van der Waals surface area contributed by atoms with Gasteiger partial charge in [-0.1, -0.05) is 48.3 Å². The van der Waals surface area contributed by atoms with Crippen LogP contribution in [0.4, 0.5) is 0 Å². The molecule has 0 heterocycles. The summed E-state index contributed by atoms with van der Waals surface area (Å²) in [5, 5.41) is 5.11. The van der Waals surface area contributed by atoms with Gasteiger partial charge < -0.3 is 5.32 Å². The second-order valence-electron chi connectivity index (χ2n) is 4.94. The van der Waals surface area contributed by atoms with Crippen LogP contribution in [0.2, 0.25) is 10.0 Å². The molecule has 0 bridgehead atoms. The van der Waals surface area contributed by atoms with E-state index in [0.29, 0.717) is 6.04 Å². The quantitative estimate of drug-likeness (QED) is 0.801. The van der Waals surface area contributed by atoms with E-state index >= 15 is 0 Å². The van der Waals surface area contributed by atoms with Crippen LogP contribution in [0.1, 0.15) is 29.7 Å². The van der Waals surface area contributed by atoms with Crippen molar-refractivity contribution in [1.29, 1.82) is 0 Å². The van der Waals surface area contributed by atoms with Gasteiger partial charge in [-0.3, -0.25) is 0 Å². The van der Waals surface area contributed by atoms with E-state index in [1.54, 1.807) is 0 Å². The predicted octanol–water partition coefficient (Wildman–Crippen LogP) is 5.20. The molecule has 0 saturated carbocycles. The monoisotopic (exact) mass is 307 g/mol. The van der Waals surface area contributed by atoms with E-state index in [1.807, 2.05) is 24.3 Å². The molecule has 0 radical (unpaired) electrons. The van der Waals surface area contributed by atoms with E-state index < -0.39 is 0 Å². The molecule has 2 aromatic rings. The van der Waals surface area contributed by atoms with Crippen molar-refractivity contribution >= 4 is 23.2 Å². The molecule has 0 aliphatic heterocycles. The predicted molar refractivity (Wildman–Crippen MR) is 87.8 cm³/mol. The number of likely N-dealkylation sites (N-methyl/N-ethyl adjacent to an activating group) is 1. The van der Waals surface area contributed by atoms with Crippen LogP contribution < -0.4 is 5.32 Å². The van der Waals surface area contributed by atoms with Crippen LogP contribution in [0.5, 0.6) is 0 Å². The zero-order chi connectivity index (χ0) is 14.5. The second kappa shape index (κ2) is 7.12. The van der Waals surface area contributed by atoms with Crippen molar-refractivity contribution < 1.29 is 0 Å². The second-order valence-corrected chi connectivity index (χ2v) is 5.81. The largest absolute Gasteiger partial charge is 0.310 e. The Morgan fingerprint density at radius 3 is 2.25 bits per heavy atom. The van der Waals surface area contributed by atoms with Crippen molar-refractivity contribution in [1.82, 2.24) is 5.32 Å². The molecule has 0 aliphatic rings. The highest BCUT2D eigenvalue weighted by atomic mass is 35.5. The minimum absolute atomic E-state index is 0.290. The minimum atomic E-state index is 0.290. The highest BCUT2D eigenvalue weighted by molar-refractivity contribution is 6.30. The molecular formula is C17H19Cl2N. The average molecular weight is 308 g/mol. The number of hydrogen-bond donors (Lipinski definition) is 1. The molecule has 0 aliphatic carbocycles. The number of hydrogen-bond acceptors (Lipinski definition) is 1. The van der Waals surface area contributed by atoms with Gasteiger partial charge >= 0.3 is 0 Å². The summed E-state index contributed by atoms with van der Waals surface area (Å²) in [7, 11) is 0. The van der Waals surface area contributed by atoms with E-state index in [0.717, 1.165) is 23.0 Å². The van der Waals surface area contributed by atoms with Gasteiger partial charge in [-0.15, -0.1) is 0 Å². The Kier molecular flexibility index (Phi) is 5.47. The molecule has 1 unspecified atom stereocenters. The molecular weight excluding hydrogens is 289 g/mol. The zero-order valence-electron chi connectivity index (χ0n) is 11.8. The van der Waals surface area contributed by atoms with Crippen LogP contribution >= 0.6 is 23.2 Å². The molecule has 1 atom stereocenters. The Balaban J connectivity index is 2.24. The van der Waals surface area contributed by atoms with Crippen molar-refractivity contribution in [3.05, 3.63) is 69.2 Å². The van der Waals surface area contributed by atoms with Crippen molar-refractivity contribution in [2.24, 2.45) is 0 Å². The summed E-state index contributed by atoms with van der Waals surface area (Å²) in [6, 6.07) is 14.4. The SMILES string of the molecule is CCNC(Cc1ccc(Cl)cc1)c1ccc(Cl)cc1C. The summed E-state index contributed by atoms with van der Waals surface area (Å²) < 4.78 is 0. The van der Waals surface area contributed by atoms with E-state index in [2.05, 4.69) is 37.4 Å². The maximum atomic E-state index is 6.04. The molecule has 2 aromatic carbocycles. The van der Waals surface area contributed by atoms with Crippen LogP contribution in [0.15, 0.2) is 42.5 Å². The smallest absolute Gasteiger partial charge is 0.0408 e. The Hall–Kier alpha value is -1.02. The van der Waals surface area contributed by atoms with Gasteiger partial charge in [0.15, 0.2) is 0 Å². The fraction of sp³-hybridized carbons (Fsp3) is 0.294. The zero-order valence-corrected chi connectivity index (χ0v) is 13.3. The number of rotatable bonds is 5. The molecule has 106 valence electrons. The lowest BCUT2D eigenvalue weighted by Gasteiger charge is -2.21. The molecule has 20 heavy (non-hydrogen) atoms. The normalized spacial score (nSPS) is 12.4. The molecule has 2 rings (SSSR count). The molecule has 0 fully saturated rings. The molecule has 0 saturated heterocycles. The van der Waals surface area contributed by atoms with Gasteiger partial charge in [-0.05, 0) is 60.8 Å². The van der Waals surface area contributed by atoms with Crippen molar-refractivity contribution in [3.63, 3.8) is 0 Å². The third-order valence-electron chi connectivity index (χ3n) is 3.41. The van der Waals surface area contributed by atoms with Gasteiger partial charge in [0, 0.05) is 16.1 Å². The molecule has 1 N–H and O–H groups in total. The first-order valence-corrected chi connectivity index (χ1v) is 7.59. The first-order valence-electron chi connectivity index (χ1n) is 6.84. The Morgan fingerprint density at radius 1 is 1.00 bits per heavy atom. The lowest BCUT2D eigenvalue weighted by Crippen LogP contribution is -2.23. The fourth-order valence-electron chi connectivity index (χ4n) is 2.42. The van der Waals surface area contributed by atoms with Crippen LogP contribution in [0.3, 0.4) is 0 Å². The number of nitrogens with one attached hydrogen (secondary N) is 1. The molecule has 0 spiro atoms. The summed E-state index contributed by atoms with van der Waals surface area (Å²) in [6.07, 6.45) is 0.938. The van der Waals surface area contributed by atoms with Gasteiger partial charge in [0.25, 0.3) is 0 Å². The highest BCUT2D eigenvalue weighted by Gasteiger charge is 2.13. The average Bonchev–Trinajstić information content (AvgIpc) is 2.41. The van der Waals surface area contributed by atoms with Gasteiger partial charge in [0.05, 0.1) is 0 Å². The molecule has 0 amide bonds. The summed E-state index contributed by atoms with van der Waals surface area (Å²) in [5.41, 5.74) is 3.79. The van der Waals surface area contributed by atoms with E-state index in [4.69, 9.17) is 23.2 Å². The Bertz CT molecular complexity index is 564. The molecule has 1 nitrogen and oxygen atoms in total.